The van der Waals surface area contributed by atoms with Crippen LogP contribution >= 0.6 is 12.2 Å². The van der Waals surface area contributed by atoms with Crippen molar-refractivity contribution in [3.8, 4) is 0 Å². The number of nitrogens with one attached hydrogen (secondary N) is 3. The maximum Gasteiger partial charge on any atom is 0.205 e. The fourth-order valence-corrected chi connectivity index (χ4v) is 1.49. The van der Waals surface area contributed by atoms with Crippen molar-refractivity contribution in [1.29, 1.82) is 0 Å². The topological polar surface area (TPSA) is 48.5 Å². The van der Waals surface area contributed by atoms with Crippen LogP contribution in [0.4, 0.5) is 5.69 Å². The molecule has 96 valence electrons. The Morgan fingerprint density at radius 1 is 0.947 bits per heavy atom. The molecule has 2 aromatic carbocycles. The molecule has 0 aliphatic carbocycles. The first kappa shape index (κ1) is 13.0. The largest absolute Gasteiger partial charge is 0.299 e. The van der Waals surface area contributed by atoms with Crippen LogP contribution in [0.2, 0.25) is 0 Å². The molecule has 19 heavy (non-hydrogen) atoms. The smallest absolute Gasteiger partial charge is 0.205 e. The summed E-state index contributed by atoms with van der Waals surface area (Å²) in [4.78, 5) is 0. The van der Waals surface area contributed by atoms with Crippen LogP contribution in [0, 0.1) is 0 Å². The second kappa shape index (κ2) is 7.13. The van der Waals surface area contributed by atoms with Crippen LogP contribution in [0.5, 0.6) is 0 Å². The molecule has 0 aliphatic rings. The van der Waals surface area contributed by atoms with E-state index >= 15 is 0 Å². The number of para-hydroxylation sites is 1. The van der Waals surface area contributed by atoms with Crippen molar-refractivity contribution < 1.29 is 0 Å². The first-order valence-corrected chi connectivity index (χ1v) is 6.20. The third kappa shape index (κ3) is 4.77. The van der Waals surface area contributed by atoms with E-state index in [-0.39, 0.29) is 0 Å². The van der Waals surface area contributed by atoms with E-state index in [1.807, 2.05) is 60.7 Å². The lowest BCUT2D eigenvalue weighted by molar-refractivity contribution is 0.970. The summed E-state index contributed by atoms with van der Waals surface area (Å²) in [6.45, 7) is 0. The fraction of sp³-hybridized carbons (Fsp3) is 0. The average molecular weight is 270 g/mol. The van der Waals surface area contributed by atoms with Gasteiger partial charge in [-0.3, -0.25) is 16.3 Å². The van der Waals surface area contributed by atoms with Crippen molar-refractivity contribution in [2.24, 2.45) is 5.10 Å². The Bertz CT molecular complexity index is 540. The minimum absolute atomic E-state index is 0.399. The number of benzene rings is 2. The second-order valence-electron chi connectivity index (χ2n) is 3.73. The number of hydrogen-bond donors (Lipinski definition) is 3. The molecule has 0 fully saturated rings. The van der Waals surface area contributed by atoms with Crippen molar-refractivity contribution in [3.05, 3.63) is 66.2 Å². The molecule has 0 heterocycles. The number of hydrazone groups is 1. The standard InChI is InChI=1S/C14H14N4S/c19-14(18-16-13-9-5-2-6-10-13)17-15-11-12-7-3-1-4-8-12/h1-11,16H,(H2,17,18,19)/b15-11+. The van der Waals surface area contributed by atoms with Gasteiger partial charge in [0.05, 0.1) is 11.9 Å². The number of hydrazine groups is 1. The van der Waals surface area contributed by atoms with Gasteiger partial charge >= 0.3 is 0 Å². The molecule has 0 spiro atoms. The maximum absolute atomic E-state index is 5.07. The Morgan fingerprint density at radius 2 is 1.58 bits per heavy atom. The quantitative estimate of drug-likeness (QED) is 0.454. The Labute approximate surface area is 117 Å². The zero-order chi connectivity index (χ0) is 13.3. The van der Waals surface area contributed by atoms with E-state index < -0.39 is 0 Å². The van der Waals surface area contributed by atoms with Crippen molar-refractivity contribution >= 4 is 29.2 Å². The molecule has 5 heteroatoms. The van der Waals surface area contributed by atoms with Gasteiger partial charge in [0.15, 0.2) is 0 Å². The molecule has 0 amide bonds. The van der Waals surface area contributed by atoms with Crippen molar-refractivity contribution in [2.45, 2.75) is 0 Å². The minimum Gasteiger partial charge on any atom is -0.299 e. The van der Waals surface area contributed by atoms with Gasteiger partial charge in [0, 0.05) is 0 Å². The van der Waals surface area contributed by atoms with E-state index in [2.05, 4.69) is 21.4 Å². The molecule has 0 aliphatic heterocycles. The molecule has 0 aromatic heterocycles. The lowest BCUT2D eigenvalue weighted by atomic mass is 10.2. The minimum atomic E-state index is 0.399. The molecule has 0 saturated carbocycles. The summed E-state index contributed by atoms with van der Waals surface area (Å²) in [7, 11) is 0. The summed E-state index contributed by atoms with van der Waals surface area (Å²) in [5.41, 5.74) is 10.5. The molecule has 4 nitrogen and oxygen atoms in total. The fourth-order valence-electron chi connectivity index (χ4n) is 1.38. The van der Waals surface area contributed by atoms with E-state index in [1.54, 1.807) is 6.21 Å². The van der Waals surface area contributed by atoms with Crippen LogP contribution in [0.3, 0.4) is 0 Å². The van der Waals surface area contributed by atoms with Gasteiger partial charge in [-0.15, -0.1) is 0 Å². The predicted octanol–water partition coefficient (Wildman–Crippen LogP) is 2.51. The highest BCUT2D eigenvalue weighted by Gasteiger charge is 1.92. The molecular formula is C14H14N4S. The number of nitrogens with zero attached hydrogens (tertiary/aromatic N) is 1. The van der Waals surface area contributed by atoms with Gasteiger partial charge in [-0.05, 0) is 29.9 Å². The van der Waals surface area contributed by atoms with Crippen LogP contribution in [-0.2, 0) is 0 Å². The Hall–Kier alpha value is -2.40. The summed E-state index contributed by atoms with van der Waals surface area (Å²) in [6, 6.07) is 19.5. The molecule has 2 aromatic rings. The van der Waals surface area contributed by atoms with Gasteiger partial charge in [0.1, 0.15) is 0 Å². The van der Waals surface area contributed by atoms with E-state index in [0.717, 1.165) is 11.3 Å². The Kier molecular flexibility index (Phi) is 4.89. The number of hydrogen-bond acceptors (Lipinski definition) is 3. The lowest BCUT2D eigenvalue weighted by Crippen LogP contribution is -2.36. The SMILES string of the molecule is S=C(N/N=C/c1ccccc1)NNc1ccccc1. The third-order valence-electron chi connectivity index (χ3n) is 2.27. The first-order chi connectivity index (χ1) is 9.34. The normalized spacial score (nSPS) is 10.1. The molecule has 0 radical (unpaired) electrons. The van der Waals surface area contributed by atoms with Gasteiger partial charge in [-0.2, -0.15) is 5.10 Å². The highest BCUT2D eigenvalue weighted by Crippen LogP contribution is 2.02. The highest BCUT2D eigenvalue weighted by atomic mass is 32.1. The number of thiocarbonyl (C=S) groups is 1. The van der Waals surface area contributed by atoms with Crippen LogP contribution in [-0.4, -0.2) is 11.3 Å². The maximum atomic E-state index is 5.07. The number of rotatable bonds is 4. The number of anilines is 1. The molecule has 3 N–H and O–H groups in total. The summed E-state index contributed by atoms with van der Waals surface area (Å²) in [5.74, 6) is 0. The van der Waals surface area contributed by atoms with Crippen molar-refractivity contribution in [3.63, 3.8) is 0 Å². The zero-order valence-corrected chi connectivity index (χ0v) is 11.0. The van der Waals surface area contributed by atoms with E-state index in [4.69, 9.17) is 12.2 Å². The summed E-state index contributed by atoms with van der Waals surface area (Å²) in [5, 5.41) is 4.43. The van der Waals surface area contributed by atoms with Crippen molar-refractivity contribution in [1.82, 2.24) is 10.9 Å². The molecule has 0 unspecified atom stereocenters. The molecular weight excluding hydrogens is 256 g/mol. The molecule has 0 saturated heterocycles. The van der Waals surface area contributed by atoms with Gasteiger partial charge in [-0.1, -0.05) is 48.5 Å². The summed E-state index contributed by atoms with van der Waals surface area (Å²) < 4.78 is 0. The van der Waals surface area contributed by atoms with Crippen LogP contribution < -0.4 is 16.3 Å². The van der Waals surface area contributed by atoms with E-state index in [9.17, 15) is 0 Å². The van der Waals surface area contributed by atoms with Crippen LogP contribution in [0.25, 0.3) is 0 Å². The van der Waals surface area contributed by atoms with E-state index in [0.29, 0.717) is 5.11 Å². The van der Waals surface area contributed by atoms with Gasteiger partial charge in [-0.25, -0.2) is 0 Å². The van der Waals surface area contributed by atoms with Gasteiger partial charge in [0.2, 0.25) is 5.11 Å². The van der Waals surface area contributed by atoms with E-state index in [1.165, 1.54) is 0 Å². The molecule has 0 bridgehead atoms. The predicted molar refractivity (Wildman–Crippen MR) is 83.0 cm³/mol. The highest BCUT2D eigenvalue weighted by molar-refractivity contribution is 7.80. The Balaban J connectivity index is 1.75. The zero-order valence-electron chi connectivity index (χ0n) is 10.2. The van der Waals surface area contributed by atoms with Crippen LogP contribution in [0.15, 0.2) is 65.8 Å². The third-order valence-corrected chi connectivity index (χ3v) is 2.47. The average Bonchev–Trinajstić information content (AvgIpc) is 2.47. The van der Waals surface area contributed by atoms with Gasteiger partial charge in [0.25, 0.3) is 0 Å². The second-order valence-corrected chi connectivity index (χ2v) is 4.13. The van der Waals surface area contributed by atoms with Crippen LogP contribution in [0.1, 0.15) is 5.56 Å². The first-order valence-electron chi connectivity index (χ1n) is 5.80. The Morgan fingerprint density at radius 3 is 2.26 bits per heavy atom. The lowest BCUT2D eigenvalue weighted by Gasteiger charge is -2.09. The molecule has 0 atom stereocenters. The van der Waals surface area contributed by atoms with Gasteiger partial charge < -0.3 is 0 Å². The van der Waals surface area contributed by atoms with Crippen molar-refractivity contribution in [2.75, 3.05) is 5.43 Å². The summed E-state index contributed by atoms with van der Waals surface area (Å²) in [6.07, 6.45) is 1.70. The monoisotopic (exact) mass is 270 g/mol. The summed E-state index contributed by atoms with van der Waals surface area (Å²) >= 11 is 5.07. The molecule has 2 rings (SSSR count).